The molecule has 0 saturated heterocycles. The normalized spacial score (nSPS) is 10.8. The van der Waals surface area contributed by atoms with Gasteiger partial charge in [-0.3, -0.25) is 4.99 Å². The number of phenols is 1. The van der Waals surface area contributed by atoms with Crippen molar-refractivity contribution in [2.45, 2.75) is 13.8 Å². The molecule has 0 amide bonds. The van der Waals surface area contributed by atoms with Gasteiger partial charge in [-0.25, -0.2) is 0 Å². The summed E-state index contributed by atoms with van der Waals surface area (Å²) in [5.74, 6) is 0.404. The number of para-hydroxylation sites is 1. The molecule has 0 bridgehead atoms. The van der Waals surface area contributed by atoms with Crippen LogP contribution in [-0.4, -0.2) is 18.4 Å². The van der Waals surface area contributed by atoms with E-state index >= 15 is 0 Å². The number of aryl methyl sites for hydroxylation is 2. The first-order valence-corrected chi connectivity index (χ1v) is 11.9. The summed E-state index contributed by atoms with van der Waals surface area (Å²) in [4.78, 5) is 4.11. The summed E-state index contributed by atoms with van der Waals surface area (Å²) in [6.45, 7) is 4.00. The molecule has 1 atom stereocenters. The second-order valence-corrected chi connectivity index (χ2v) is 8.55. The summed E-state index contributed by atoms with van der Waals surface area (Å²) in [5, 5.41) is 12.3. The molecule has 1 N–H and O–H groups in total. The Morgan fingerprint density at radius 3 is 2.45 bits per heavy atom. The van der Waals surface area contributed by atoms with Gasteiger partial charge in [0.05, 0.1) is 0 Å². The van der Waals surface area contributed by atoms with Gasteiger partial charge in [0, 0.05) is 24.1 Å². The molecule has 22 heavy (non-hydrogen) atoms. The van der Waals surface area contributed by atoms with Gasteiger partial charge in [0.25, 0.3) is 0 Å². The Labute approximate surface area is 150 Å². The molecule has 116 valence electrons. The Bertz CT molecular complexity index is 650. The van der Waals surface area contributed by atoms with Crippen molar-refractivity contribution >= 4 is 44.0 Å². The molecule has 0 radical (unpaired) electrons. The zero-order valence-corrected chi connectivity index (χ0v) is 16.8. The number of rotatable bonds is 3. The van der Waals surface area contributed by atoms with Crippen molar-refractivity contribution in [2.24, 2.45) is 4.99 Å². The third-order valence-electron chi connectivity index (χ3n) is 2.98. The molecular formula is C16H18Cl2NOPTi. The summed E-state index contributed by atoms with van der Waals surface area (Å²) in [7, 11) is 12.0. The van der Waals surface area contributed by atoms with Crippen LogP contribution in [0, 0.1) is 13.8 Å². The maximum atomic E-state index is 10.1. The van der Waals surface area contributed by atoms with Crippen molar-refractivity contribution in [1.29, 1.82) is 0 Å². The standard InChI is InChI=1S/C16H18NOP.2ClH.Ti/c1-11-7-8-14(13(9-11)10-17-3)19-15-6-4-5-12(2)16(15)18;;;/h4-10,18-19H,1-3H3;2*1H;/q;;;+2/p-2. The van der Waals surface area contributed by atoms with Gasteiger partial charge < -0.3 is 5.11 Å². The van der Waals surface area contributed by atoms with Gasteiger partial charge in [0.2, 0.25) is 0 Å². The Morgan fingerprint density at radius 1 is 1.14 bits per heavy atom. The average molecular weight is 390 g/mol. The molecule has 2 rings (SSSR count). The second-order valence-electron chi connectivity index (χ2n) is 4.65. The molecule has 0 heterocycles. The molecule has 2 nitrogen and oxygen atoms in total. The molecule has 0 aliphatic carbocycles. The summed E-state index contributed by atoms with van der Waals surface area (Å²) >= 11 is -0.556. The van der Waals surface area contributed by atoms with Crippen LogP contribution in [-0.2, 0) is 17.0 Å². The quantitative estimate of drug-likeness (QED) is 0.479. The van der Waals surface area contributed by atoms with Crippen molar-refractivity contribution in [1.82, 2.24) is 0 Å². The average Bonchev–Trinajstić information content (AvgIpc) is 2.47. The first-order valence-electron chi connectivity index (χ1n) is 6.58. The van der Waals surface area contributed by atoms with Gasteiger partial charge in [-0.15, -0.1) is 0 Å². The number of aromatic hydroxyl groups is 1. The molecular weight excluding hydrogens is 372 g/mol. The topological polar surface area (TPSA) is 32.6 Å². The van der Waals surface area contributed by atoms with Gasteiger partial charge in [-0.2, -0.15) is 0 Å². The third kappa shape index (κ3) is 6.03. The van der Waals surface area contributed by atoms with E-state index in [0.717, 1.165) is 16.4 Å². The van der Waals surface area contributed by atoms with Crippen LogP contribution >= 0.6 is 27.2 Å². The number of benzene rings is 2. The Hall–Kier alpha value is -0.366. The summed E-state index contributed by atoms with van der Waals surface area (Å²) in [5.41, 5.74) is 3.27. The molecule has 0 aliphatic rings. The molecule has 0 saturated carbocycles. The van der Waals surface area contributed by atoms with E-state index < -0.39 is 17.0 Å². The van der Waals surface area contributed by atoms with E-state index in [2.05, 4.69) is 30.1 Å². The molecule has 1 unspecified atom stereocenters. The van der Waals surface area contributed by atoms with Crippen LogP contribution in [0.2, 0.25) is 0 Å². The van der Waals surface area contributed by atoms with Crippen LogP contribution in [0.3, 0.4) is 0 Å². The number of phenolic OH excluding ortho intramolecular Hbond substituents is 1. The minimum absolute atomic E-state index is 0.404. The maximum absolute atomic E-state index is 10.1. The Balaban J connectivity index is 0.000000745. The number of hydrogen-bond donors (Lipinski definition) is 1. The molecule has 0 fully saturated rings. The van der Waals surface area contributed by atoms with E-state index in [9.17, 15) is 5.11 Å². The van der Waals surface area contributed by atoms with Crippen LogP contribution < -0.4 is 10.6 Å². The number of aliphatic imine (C=N–C) groups is 1. The number of hydrogen-bond acceptors (Lipinski definition) is 2. The summed E-state index contributed by atoms with van der Waals surface area (Å²) < 4.78 is 0. The van der Waals surface area contributed by atoms with Crippen LogP contribution in [0.1, 0.15) is 16.7 Å². The van der Waals surface area contributed by atoms with Gasteiger partial charge >= 0.3 is 35.6 Å². The summed E-state index contributed by atoms with van der Waals surface area (Å²) in [6.07, 6.45) is 1.88. The first-order chi connectivity index (χ1) is 10.5. The third-order valence-corrected chi connectivity index (χ3v) is 4.38. The number of nitrogens with zero attached hydrogens (tertiary/aromatic N) is 1. The summed E-state index contributed by atoms with van der Waals surface area (Å²) in [6, 6.07) is 12.2. The Morgan fingerprint density at radius 2 is 1.82 bits per heavy atom. The molecule has 0 aromatic heterocycles. The monoisotopic (exact) mass is 389 g/mol. The van der Waals surface area contributed by atoms with E-state index in [1.54, 1.807) is 7.05 Å². The molecule has 0 spiro atoms. The van der Waals surface area contributed by atoms with Crippen molar-refractivity contribution in [3.8, 4) is 5.75 Å². The van der Waals surface area contributed by atoms with Crippen LogP contribution in [0.15, 0.2) is 41.4 Å². The number of halogens is 2. The van der Waals surface area contributed by atoms with E-state index in [1.807, 2.05) is 31.3 Å². The molecule has 6 heteroatoms. The minimum atomic E-state index is -0.556. The van der Waals surface area contributed by atoms with Crippen molar-refractivity contribution in [3.63, 3.8) is 0 Å². The second kappa shape index (κ2) is 10.4. The van der Waals surface area contributed by atoms with Crippen molar-refractivity contribution in [3.05, 3.63) is 53.1 Å². The molecule has 2 aromatic carbocycles. The van der Waals surface area contributed by atoms with Crippen molar-refractivity contribution < 1.29 is 22.1 Å². The zero-order valence-electron chi connectivity index (χ0n) is 12.7. The van der Waals surface area contributed by atoms with Crippen LogP contribution in [0.5, 0.6) is 5.75 Å². The predicted octanol–water partition coefficient (Wildman–Crippen LogP) is 4.06. The zero-order chi connectivity index (χ0) is 16.5. The van der Waals surface area contributed by atoms with E-state index in [1.165, 1.54) is 10.9 Å². The molecule has 0 aliphatic heterocycles. The molecule has 2 aromatic rings. The fourth-order valence-electron chi connectivity index (χ4n) is 1.95. The van der Waals surface area contributed by atoms with E-state index in [4.69, 9.17) is 18.6 Å². The van der Waals surface area contributed by atoms with Crippen LogP contribution in [0.25, 0.3) is 0 Å². The van der Waals surface area contributed by atoms with Gasteiger partial charge in [-0.05, 0) is 30.8 Å². The van der Waals surface area contributed by atoms with Gasteiger partial charge in [0.15, 0.2) is 0 Å². The SMILES string of the molecule is CN=Cc1cc(C)ccc1Pc1cccc(C)c1O.[Cl][Ti][Cl]. The fourth-order valence-corrected chi connectivity index (χ4v) is 3.18. The predicted molar refractivity (Wildman–Crippen MR) is 96.8 cm³/mol. The fraction of sp³-hybridized carbons (Fsp3) is 0.188. The first kappa shape index (κ1) is 19.7. The Kier molecular flexibility index (Phi) is 9.32. The van der Waals surface area contributed by atoms with Gasteiger partial charge in [0.1, 0.15) is 5.75 Å². The van der Waals surface area contributed by atoms with Crippen LogP contribution in [0.4, 0.5) is 0 Å². The van der Waals surface area contributed by atoms with Crippen molar-refractivity contribution in [2.75, 3.05) is 7.05 Å². The van der Waals surface area contributed by atoms with E-state index in [0.29, 0.717) is 14.3 Å². The van der Waals surface area contributed by atoms with Gasteiger partial charge in [-0.1, -0.05) is 44.5 Å². The van der Waals surface area contributed by atoms with E-state index in [-0.39, 0.29) is 0 Å².